The van der Waals surface area contributed by atoms with Crippen molar-refractivity contribution in [3.63, 3.8) is 0 Å². The van der Waals surface area contributed by atoms with Gasteiger partial charge in [-0.3, -0.25) is 0 Å². The summed E-state index contributed by atoms with van der Waals surface area (Å²) in [6, 6.07) is 1.95. The number of methoxy groups -OCH3 is 1. The van der Waals surface area contributed by atoms with Gasteiger partial charge < -0.3 is 15.2 Å². The molecule has 0 aliphatic heterocycles. The van der Waals surface area contributed by atoms with E-state index in [4.69, 9.17) is 9.84 Å². The van der Waals surface area contributed by atoms with Gasteiger partial charge in [0.25, 0.3) is 0 Å². The molecule has 7 nitrogen and oxygen atoms in total. The first kappa shape index (κ1) is 14.3. The van der Waals surface area contributed by atoms with Crippen molar-refractivity contribution >= 4 is 17.3 Å². The Morgan fingerprint density at radius 3 is 2.90 bits per heavy atom. The largest absolute Gasteiger partial charge is 0.479 e. The van der Waals surface area contributed by atoms with Crippen LogP contribution >= 0.6 is 0 Å². The minimum Gasteiger partial charge on any atom is -0.479 e. The van der Waals surface area contributed by atoms with E-state index in [-0.39, 0.29) is 6.54 Å². The van der Waals surface area contributed by atoms with Gasteiger partial charge in [0.1, 0.15) is 5.52 Å². The van der Waals surface area contributed by atoms with Crippen molar-refractivity contribution in [1.82, 2.24) is 14.6 Å². The maximum Gasteiger partial charge on any atom is 0.334 e. The molecule has 2 heterocycles. The molecule has 0 aliphatic rings. The summed E-state index contributed by atoms with van der Waals surface area (Å²) < 4.78 is 6.61. The maximum atomic E-state index is 10.9. The molecule has 0 aliphatic carbocycles. The zero-order chi connectivity index (χ0) is 14.7. The van der Waals surface area contributed by atoms with Gasteiger partial charge in [-0.15, -0.1) is 0 Å². The molecule has 0 saturated heterocycles. The fourth-order valence-electron chi connectivity index (χ4n) is 1.82. The van der Waals surface area contributed by atoms with Crippen molar-refractivity contribution in [2.75, 3.05) is 19.0 Å². The molecule has 0 saturated carbocycles. The van der Waals surface area contributed by atoms with E-state index in [1.165, 1.54) is 7.11 Å². The first-order chi connectivity index (χ1) is 9.52. The molecule has 7 heteroatoms. The molecule has 0 amide bonds. The summed E-state index contributed by atoms with van der Waals surface area (Å²) in [7, 11) is 1.37. The van der Waals surface area contributed by atoms with E-state index in [2.05, 4.69) is 29.2 Å². The standard InChI is InChI=1S/C13H18N4O3/c1-8(2)9-6-10-12(14-4-5-17(10)16-9)15-7-11(20-3)13(18)19/h4-6,8,11H,7H2,1-3H3,(H,14,15)(H,18,19). The van der Waals surface area contributed by atoms with E-state index in [0.717, 1.165) is 11.2 Å². The van der Waals surface area contributed by atoms with Gasteiger partial charge in [0, 0.05) is 19.5 Å². The highest BCUT2D eigenvalue weighted by Gasteiger charge is 2.17. The van der Waals surface area contributed by atoms with E-state index in [1.807, 2.05) is 6.07 Å². The first-order valence-corrected chi connectivity index (χ1v) is 6.36. The number of aliphatic carboxylic acids is 1. The number of aromatic nitrogens is 3. The average Bonchev–Trinajstić information content (AvgIpc) is 2.84. The summed E-state index contributed by atoms with van der Waals surface area (Å²) in [4.78, 5) is 15.1. The van der Waals surface area contributed by atoms with Crippen molar-refractivity contribution in [1.29, 1.82) is 0 Å². The Balaban J connectivity index is 2.23. The predicted octanol–water partition coefficient (Wildman–Crippen LogP) is 1.36. The molecule has 20 heavy (non-hydrogen) atoms. The third-order valence-corrected chi connectivity index (χ3v) is 3.02. The molecule has 0 spiro atoms. The van der Waals surface area contributed by atoms with Crippen LogP contribution in [0.25, 0.3) is 5.52 Å². The minimum absolute atomic E-state index is 0.140. The van der Waals surface area contributed by atoms with Crippen molar-refractivity contribution in [2.45, 2.75) is 25.9 Å². The lowest BCUT2D eigenvalue weighted by Crippen LogP contribution is -2.30. The number of carboxylic acids is 1. The molecule has 0 radical (unpaired) electrons. The van der Waals surface area contributed by atoms with Crippen molar-refractivity contribution in [3.8, 4) is 0 Å². The third-order valence-electron chi connectivity index (χ3n) is 3.02. The van der Waals surface area contributed by atoms with Crippen LogP contribution < -0.4 is 5.32 Å². The van der Waals surface area contributed by atoms with Crippen molar-refractivity contribution in [2.24, 2.45) is 0 Å². The van der Waals surface area contributed by atoms with Crippen LogP contribution in [0.4, 0.5) is 5.82 Å². The summed E-state index contributed by atoms with van der Waals surface area (Å²) in [5.74, 6) is -0.105. The lowest BCUT2D eigenvalue weighted by molar-refractivity contribution is -0.147. The normalized spacial score (nSPS) is 12.8. The van der Waals surface area contributed by atoms with Crippen LogP contribution in [-0.2, 0) is 9.53 Å². The van der Waals surface area contributed by atoms with Gasteiger partial charge >= 0.3 is 5.97 Å². The van der Waals surface area contributed by atoms with Gasteiger partial charge in [-0.25, -0.2) is 14.3 Å². The van der Waals surface area contributed by atoms with Crippen LogP contribution in [0.5, 0.6) is 0 Å². The fourth-order valence-corrected chi connectivity index (χ4v) is 1.82. The van der Waals surface area contributed by atoms with Crippen LogP contribution in [-0.4, -0.2) is 45.4 Å². The van der Waals surface area contributed by atoms with Crippen LogP contribution in [0.3, 0.4) is 0 Å². The van der Waals surface area contributed by atoms with Crippen LogP contribution in [0, 0.1) is 0 Å². The molecule has 2 N–H and O–H groups in total. The summed E-state index contributed by atoms with van der Waals surface area (Å²) in [5, 5.41) is 16.4. The summed E-state index contributed by atoms with van der Waals surface area (Å²) in [5.41, 5.74) is 1.78. The predicted molar refractivity (Wildman–Crippen MR) is 74.0 cm³/mol. The van der Waals surface area contributed by atoms with E-state index < -0.39 is 12.1 Å². The number of ether oxygens (including phenoxy) is 1. The SMILES string of the molecule is COC(CNc1nccn2nc(C(C)C)cc12)C(=O)O. The van der Waals surface area contributed by atoms with Crippen molar-refractivity contribution in [3.05, 3.63) is 24.2 Å². The second-order valence-corrected chi connectivity index (χ2v) is 4.77. The summed E-state index contributed by atoms with van der Waals surface area (Å²) in [6.07, 6.45) is 2.47. The number of anilines is 1. The zero-order valence-electron chi connectivity index (χ0n) is 11.7. The minimum atomic E-state index is -1.01. The molecule has 1 unspecified atom stereocenters. The lowest BCUT2D eigenvalue weighted by atomic mass is 10.1. The molecular formula is C13H18N4O3. The first-order valence-electron chi connectivity index (χ1n) is 6.36. The number of nitrogens with one attached hydrogen (secondary N) is 1. The highest BCUT2D eigenvalue weighted by molar-refractivity contribution is 5.74. The van der Waals surface area contributed by atoms with Crippen molar-refractivity contribution < 1.29 is 14.6 Å². The Labute approximate surface area is 116 Å². The second kappa shape index (κ2) is 5.87. The number of carbonyl (C=O) groups is 1. The fraction of sp³-hybridized carbons (Fsp3) is 0.462. The van der Waals surface area contributed by atoms with E-state index in [1.54, 1.807) is 16.9 Å². The molecule has 1 atom stereocenters. The van der Waals surface area contributed by atoms with Gasteiger partial charge in [0.2, 0.25) is 0 Å². The summed E-state index contributed by atoms with van der Waals surface area (Å²) in [6.45, 7) is 4.27. The topological polar surface area (TPSA) is 88.8 Å². The monoisotopic (exact) mass is 278 g/mol. The molecule has 2 aromatic rings. The Morgan fingerprint density at radius 2 is 2.30 bits per heavy atom. The summed E-state index contributed by atoms with van der Waals surface area (Å²) >= 11 is 0. The highest BCUT2D eigenvalue weighted by Crippen LogP contribution is 2.19. The van der Waals surface area contributed by atoms with E-state index in [9.17, 15) is 4.79 Å². The number of fused-ring (bicyclic) bond motifs is 1. The third kappa shape index (κ3) is 2.88. The van der Waals surface area contributed by atoms with Gasteiger partial charge in [-0.2, -0.15) is 5.10 Å². The molecule has 2 rings (SSSR count). The van der Waals surface area contributed by atoms with Crippen LogP contribution in [0.1, 0.15) is 25.5 Å². The van der Waals surface area contributed by atoms with Gasteiger partial charge in [0.05, 0.1) is 12.2 Å². The molecule has 2 aromatic heterocycles. The molecule has 0 aromatic carbocycles. The molecule has 0 fully saturated rings. The Kier molecular flexibility index (Phi) is 4.19. The van der Waals surface area contributed by atoms with Gasteiger partial charge in [-0.05, 0) is 12.0 Å². The average molecular weight is 278 g/mol. The molecular weight excluding hydrogens is 260 g/mol. The number of nitrogens with zero attached hydrogens (tertiary/aromatic N) is 3. The Hall–Kier alpha value is -2.15. The zero-order valence-corrected chi connectivity index (χ0v) is 11.7. The van der Waals surface area contributed by atoms with Crippen LogP contribution in [0.15, 0.2) is 18.5 Å². The molecule has 108 valence electrons. The second-order valence-electron chi connectivity index (χ2n) is 4.77. The lowest BCUT2D eigenvalue weighted by Gasteiger charge is -2.12. The van der Waals surface area contributed by atoms with Crippen LogP contribution in [0.2, 0.25) is 0 Å². The number of carboxylic acid groups (broad SMARTS) is 1. The number of hydrogen-bond acceptors (Lipinski definition) is 5. The van der Waals surface area contributed by atoms with Gasteiger partial charge in [0.15, 0.2) is 11.9 Å². The maximum absolute atomic E-state index is 10.9. The highest BCUT2D eigenvalue weighted by atomic mass is 16.5. The van der Waals surface area contributed by atoms with Gasteiger partial charge in [-0.1, -0.05) is 13.8 Å². The Bertz CT molecular complexity index is 609. The van der Waals surface area contributed by atoms with E-state index in [0.29, 0.717) is 11.7 Å². The number of hydrogen-bond donors (Lipinski definition) is 2. The number of rotatable bonds is 6. The van der Waals surface area contributed by atoms with E-state index >= 15 is 0 Å². The smallest absolute Gasteiger partial charge is 0.334 e. The Morgan fingerprint density at radius 1 is 1.55 bits per heavy atom. The molecule has 0 bridgehead atoms. The quantitative estimate of drug-likeness (QED) is 0.829.